The standard InChI is InChI=1S/C17H19NO7/c1-4-23-16(19)13-10(3)25-15(17(20)24-5-2)14(13)11-8-6-7-9-12(11)18(21)22/h6-9,14-15H,4-5H2,1-3H3/t14-,15-/m0/s1. The zero-order chi connectivity index (χ0) is 18.6. The fourth-order valence-corrected chi connectivity index (χ4v) is 2.82. The monoisotopic (exact) mass is 349 g/mol. The first-order valence-corrected chi connectivity index (χ1v) is 7.86. The second kappa shape index (κ2) is 7.78. The van der Waals surface area contributed by atoms with Crippen molar-refractivity contribution in [3.8, 4) is 0 Å². The van der Waals surface area contributed by atoms with Crippen LogP contribution in [0.5, 0.6) is 0 Å². The Balaban J connectivity index is 2.57. The molecule has 1 aromatic carbocycles. The predicted molar refractivity (Wildman–Crippen MR) is 86.7 cm³/mol. The number of esters is 2. The highest BCUT2D eigenvalue weighted by Gasteiger charge is 2.47. The van der Waals surface area contributed by atoms with Crippen LogP contribution in [0.2, 0.25) is 0 Å². The normalized spacial score (nSPS) is 19.3. The van der Waals surface area contributed by atoms with Crippen molar-refractivity contribution in [3.05, 3.63) is 51.3 Å². The first kappa shape index (κ1) is 18.4. The molecule has 0 bridgehead atoms. The summed E-state index contributed by atoms with van der Waals surface area (Å²) in [5.41, 5.74) is 0.0848. The van der Waals surface area contributed by atoms with Crippen LogP contribution in [-0.4, -0.2) is 36.2 Å². The molecule has 2 rings (SSSR count). The lowest BCUT2D eigenvalue weighted by atomic mass is 9.86. The van der Waals surface area contributed by atoms with Crippen LogP contribution >= 0.6 is 0 Å². The van der Waals surface area contributed by atoms with Crippen molar-refractivity contribution in [2.45, 2.75) is 32.8 Å². The molecule has 1 aromatic rings. The molecule has 1 heterocycles. The first-order valence-electron chi connectivity index (χ1n) is 7.86. The summed E-state index contributed by atoms with van der Waals surface area (Å²) in [7, 11) is 0. The van der Waals surface area contributed by atoms with Gasteiger partial charge in [-0.25, -0.2) is 9.59 Å². The average molecular weight is 349 g/mol. The third kappa shape index (κ3) is 3.62. The van der Waals surface area contributed by atoms with E-state index in [2.05, 4.69) is 0 Å². The lowest BCUT2D eigenvalue weighted by molar-refractivity contribution is -0.385. The Morgan fingerprint density at radius 2 is 1.84 bits per heavy atom. The number of para-hydroxylation sites is 1. The number of rotatable bonds is 6. The molecule has 1 aliphatic heterocycles. The van der Waals surface area contributed by atoms with Gasteiger partial charge in [-0.3, -0.25) is 10.1 Å². The summed E-state index contributed by atoms with van der Waals surface area (Å²) in [6, 6.07) is 5.92. The van der Waals surface area contributed by atoms with Gasteiger partial charge in [-0.1, -0.05) is 18.2 Å². The van der Waals surface area contributed by atoms with Crippen LogP contribution in [0.15, 0.2) is 35.6 Å². The Labute approximate surface area is 144 Å². The van der Waals surface area contributed by atoms with Gasteiger partial charge in [0, 0.05) is 11.6 Å². The fraction of sp³-hybridized carbons (Fsp3) is 0.412. The number of hydrogen-bond donors (Lipinski definition) is 0. The first-order chi connectivity index (χ1) is 11.9. The van der Waals surface area contributed by atoms with Gasteiger partial charge in [0.2, 0.25) is 6.10 Å². The highest BCUT2D eigenvalue weighted by Crippen LogP contribution is 2.43. The molecule has 0 fully saturated rings. The largest absolute Gasteiger partial charge is 0.482 e. The number of ether oxygens (including phenoxy) is 3. The minimum absolute atomic E-state index is 0.0919. The molecule has 2 atom stereocenters. The lowest BCUT2D eigenvalue weighted by Gasteiger charge is -2.19. The second-order valence-electron chi connectivity index (χ2n) is 5.27. The zero-order valence-corrected chi connectivity index (χ0v) is 14.2. The highest BCUT2D eigenvalue weighted by atomic mass is 16.6. The van der Waals surface area contributed by atoms with Crippen LogP contribution in [0, 0.1) is 10.1 Å². The maximum absolute atomic E-state index is 12.4. The molecule has 1 aliphatic rings. The van der Waals surface area contributed by atoms with Crippen LogP contribution in [-0.2, 0) is 23.8 Å². The molecule has 25 heavy (non-hydrogen) atoms. The number of nitro groups is 1. The van der Waals surface area contributed by atoms with E-state index in [1.807, 2.05) is 0 Å². The summed E-state index contributed by atoms with van der Waals surface area (Å²) in [4.78, 5) is 35.5. The van der Waals surface area contributed by atoms with Gasteiger partial charge < -0.3 is 14.2 Å². The third-order valence-corrected chi connectivity index (χ3v) is 3.78. The number of benzene rings is 1. The number of nitro benzene ring substituents is 1. The molecule has 8 heteroatoms. The molecule has 134 valence electrons. The van der Waals surface area contributed by atoms with Crippen molar-refractivity contribution in [1.82, 2.24) is 0 Å². The minimum atomic E-state index is -1.18. The van der Waals surface area contributed by atoms with E-state index in [0.29, 0.717) is 0 Å². The second-order valence-corrected chi connectivity index (χ2v) is 5.27. The maximum Gasteiger partial charge on any atom is 0.348 e. The Kier molecular flexibility index (Phi) is 5.74. The Hall–Kier alpha value is -2.90. The van der Waals surface area contributed by atoms with Crippen molar-refractivity contribution >= 4 is 17.6 Å². The van der Waals surface area contributed by atoms with Crippen molar-refractivity contribution in [3.63, 3.8) is 0 Å². The highest BCUT2D eigenvalue weighted by molar-refractivity contribution is 5.94. The molecule has 8 nitrogen and oxygen atoms in total. The molecular formula is C17H19NO7. The summed E-state index contributed by atoms with van der Waals surface area (Å²) >= 11 is 0. The van der Waals surface area contributed by atoms with Gasteiger partial charge in [0.15, 0.2) is 0 Å². The molecular weight excluding hydrogens is 330 g/mol. The summed E-state index contributed by atoms with van der Waals surface area (Å²) in [6.07, 6.45) is -1.18. The molecule has 0 saturated heterocycles. The number of nitrogens with zero attached hydrogens (tertiary/aromatic N) is 1. The molecule has 0 radical (unpaired) electrons. The number of allylic oxidation sites excluding steroid dienone is 1. The zero-order valence-electron chi connectivity index (χ0n) is 14.2. The summed E-state index contributed by atoms with van der Waals surface area (Å²) < 4.78 is 15.6. The summed E-state index contributed by atoms with van der Waals surface area (Å²) in [5.74, 6) is -2.14. The number of hydrogen-bond acceptors (Lipinski definition) is 7. The van der Waals surface area contributed by atoms with E-state index in [1.54, 1.807) is 19.9 Å². The quantitative estimate of drug-likeness (QED) is 0.441. The maximum atomic E-state index is 12.4. The SMILES string of the molecule is CCOC(=O)C1=C(C)O[C@H](C(=O)OCC)[C@H]1c1ccccc1[N+](=O)[O-]. The van der Waals surface area contributed by atoms with E-state index >= 15 is 0 Å². The van der Waals surface area contributed by atoms with Crippen molar-refractivity contribution < 1.29 is 28.7 Å². The number of carbonyl (C=O) groups excluding carboxylic acids is 2. The van der Waals surface area contributed by atoms with Crippen LogP contribution in [0.25, 0.3) is 0 Å². The van der Waals surface area contributed by atoms with Gasteiger partial charge in [-0.2, -0.15) is 0 Å². The van der Waals surface area contributed by atoms with E-state index in [9.17, 15) is 19.7 Å². The third-order valence-electron chi connectivity index (χ3n) is 3.78. The minimum Gasteiger partial charge on any atom is -0.482 e. The van der Waals surface area contributed by atoms with Crippen molar-refractivity contribution in [2.24, 2.45) is 0 Å². The van der Waals surface area contributed by atoms with Gasteiger partial charge in [0.25, 0.3) is 5.69 Å². The predicted octanol–water partition coefficient (Wildman–Crippen LogP) is 2.48. The van der Waals surface area contributed by atoms with Crippen molar-refractivity contribution in [1.29, 1.82) is 0 Å². The average Bonchev–Trinajstić information content (AvgIpc) is 2.92. The molecule has 0 N–H and O–H groups in total. The molecule has 0 unspecified atom stereocenters. The van der Waals surface area contributed by atoms with Gasteiger partial charge in [0.05, 0.1) is 29.6 Å². The van der Waals surface area contributed by atoms with Crippen LogP contribution < -0.4 is 0 Å². The molecule has 0 amide bonds. The van der Waals surface area contributed by atoms with E-state index < -0.39 is 28.9 Å². The Morgan fingerprint density at radius 3 is 2.44 bits per heavy atom. The van der Waals surface area contributed by atoms with Gasteiger partial charge in [-0.15, -0.1) is 0 Å². The van der Waals surface area contributed by atoms with Gasteiger partial charge in [-0.05, 0) is 20.8 Å². The molecule has 0 aromatic heterocycles. The van der Waals surface area contributed by atoms with E-state index in [1.165, 1.54) is 25.1 Å². The van der Waals surface area contributed by atoms with Gasteiger partial charge in [0.1, 0.15) is 5.76 Å². The lowest BCUT2D eigenvalue weighted by Crippen LogP contribution is -2.31. The Bertz CT molecular complexity index is 725. The summed E-state index contributed by atoms with van der Waals surface area (Å²) in [5, 5.41) is 11.4. The van der Waals surface area contributed by atoms with Crippen LogP contribution in [0.3, 0.4) is 0 Å². The summed E-state index contributed by atoms with van der Waals surface area (Å²) in [6.45, 7) is 5.05. The molecule has 0 saturated carbocycles. The van der Waals surface area contributed by atoms with Crippen LogP contribution in [0.4, 0.5) is 5.69 Å². The van der Waals surface area contributed by atoms with E-state index in [0.717, 1.165) is 0 Å². The van der Waals surface area contributed by atoms with E-state index in [4.69, 9.17) is 14.2 Å². The molecule has 0 spiro atoms. The van der Waals surface area contributed by atoms with Crippen molar-refractivity contribution in [2.75, 3.05) is 13.2 Å². The van der Waals surface area contributed by atoms with E-state index in [-0.39, 0.29) is 35.8 Å². The Morgan fingerprint density at radius 1 is 1.20 bits per heavy atom. The smallest absolute Gasteiger partial charge is 0.348 e. The van der Waals surface area contributed by atoms with Crippen LogP contribution in [0.1, 0.15) is 32.3 Å². The topological polar surface area (TPSA) is 105 Å². The fourth-order valence-electron chi connectivity index (χ4n) is 2.82. The number of carbonyl (C=O) groups is 2. The molecule has 0 aliphatic carbocycles. The van der Waals surface area contributed by atoms with Gasteiger partial charge >= 0.3 is 11.9 Å².